The van der Waals surface area contributed by atoms with Crippen LogP contribution in [-0.2, 0) is 13.6 Å². The Morgan fingerprint density at radius 2 is 2.32 bits per heavy atom. The van der Waals surface area contributed by atoms with Crippen LogP contribution in [0.15, 0.2) is 12.4 Å². The second-order valence-corrected chi connectivity index (χ2v) is 5.91. The third-order valence-electron chi connectivity index (χ3n) is 4.14. The Hall–Kier alpha value is -0.870. The molecular formula is C15H28N4. The van der Waals surface area contributed by atoms with E-state index < -0.39 is 0 Å². The van der Waals surface area contributed by atoms with Crippen molar-refractivity contribution < 1.29 is 0 Å². The summed E-state index contributed by atoms with van der Waals surface area (Å²) in [6, 6.07) is 1.43. The van der Waals surface area contributed by atoms with Crippen molar-refractivity contribution in [3.05, 3.63) is 18.0 Å². The monoisotopic (exact) mass is 264 g/mol. The second-order valence-electron chi connectivity index (χ2n) is 5.91. The van der Waals surface area contributed by atoms with Crippen LogP contribution in [0, 0.1) is 0 Å². The lowest BCUT2D eigenvalue weighted by molar-refractivity contribution is 0.163. The van der Waals surface area contributed by atoms with Gasteiger partial charge in [0.25, 0.3) is 0 Å². The molecule has 1 aromatic rings. The number of hydrogen-bond donors (Lipinski definition) is 1. The lowest BCUT2D eigenvalue weighted by Crippen LogP contribution is -2.42. The van der Waals surface area contributed by atoms with E-state index in [2.05, 4.69) is 35.5 Å². The number of rotatable bonds is 6. The average Bonchev–Trinajstić information content (AvgIpc) is 2.82. The highest BCUT2D eigenvalue weighted by Crippen LogP contribution is 2.23. The van der Waals surface area contributed by atoms with E-state index in [1.165, 1.54) is 37.7 Å². The van der Waals surface area contributed by atoms with Crippen molar-refractivity contribution in [1.82, 2.24) is 20.0 Å². The zero-order valence-corrected chi connectivity index (χ0v) is 12.6. The van der Waals surface area contributed by atoms with Crippen molar-refractivity contribution in [3.63, 3.8) is 0 Å². The quantitative estimate of drug-likeness (QED) is 0.855. The van der Waals surface area contributed by atoms with Gasteiger partial charge in [-0.05, 0) is 39.3 Å². The minimum Gasteiger partial charge on any atom is -0.314 e. The maximum Gasteiger partial charge on any atom is 0.0534 e. The van der Waals surface area contributed by atoms with Crippen molar-refractivity contribution in [3.8, 4) is 0 Å². The highest BCUT2D eigenvalue weighted by atomic mass is 15.2. The summed E-state index contributed by atoms with van der Waals surface area (Å²) in [6.45, 7) is 4.41. The molecule has 0 spiro atoms. The molecular weight excluding hydrogens is 236 g/mol. The maximum absolute atomic E-state index is 4.25. The minimum absolute atomic E-state index is 0.711. The summed E-state index contributed by atoms with van der Waals surface area (Å²) in [6.07, 6.45) is 10.6. The van der Waals surface area contributed by atoms with Crippen LogP contribution in [0.1, 0.15) is 44.6 Å². The summed E-state index contributed by atoms with van der Waals surface area (Å²) in [5.74, 6) is 0. The first-order valence-corrected chi connectivity index (χ1v) is 7.60. The Morgan fingerprint density at radius 3 is 3.00 bits per heavy atom. The van der Waals surface area contributed by atoms with Gasteiger partial charge in [-0.15, -0.1) is 0 Å². The number of aryl methyl sites for hydroxylation is 1. The topological polar surface area (TPSA) is 33.1 Å². The van der Waals surface area contributed by atoms with Crippen LogP contribution >= 0.6 is 0 Å². The summed E-state index contributed by atoms with van der Waals surface area (Å²) in [5, 5.41) is 7.93. The normalized spacial score (nSPS) is 24.0. The maximum atomic E-state index is 4.25. The molecule has 1 heterocycles. The molecule has 0 bridgehead atoms. The molecule has 1 N–H and O–H groups in total. The SMILES string of the molecule is CCCNC1CCCC(N(C)Cc2cnn(C)c2)C1. The Labute approximate surface area is 117 Å². The Balaban J connectivity index is 1.82. The van der Waals surface area contributed by atoms with Gasteiger partial charge in [-0.3, -0.25) is 9.58 Å². The van der Waals surface area contributed by atoms with Crippen LogP contribution in [0.4, 0.5) is 0 Å². The highest BCUT2D eigenvalue weighted by Gasteiger charge is 2.24. The van der Waals surface area contributed by atoms with Crippen molar-refractivity contribution in [1.29, 1.82) is 0 Å². The molecule has 0 saturated heterocycles. The molecule has 4 heteroatoms. The third kappa shape index (κ3) is 4.32. The number of nitrogens with one attached hydrogen (secondary N) is 1. The number of hydrogen-bond acceptors (Lipinski definition) is 3. The first-order valence-electron chi connectivity index (χ1n) is 7.60. The van der Waals surface area contributed by atoms with Gasteiger partial charge >= 0.3 is 0 Å². The lowest BCUT2D eigenvalue weighted by atomic mass is 9.90. The van der Waals surface area contributed by atoms with E-state index >= 15 is 0 Å². The number of aromatic nitrogens is 2. The summed E-state index contributed by atoms with van der Waals surface area (Å²) in [7, 11) is 4.23. The Morgan fingerprint density at radius 1 is 1.47 bits per heavy atom. The predicted molar refractivity (Wildman–Crippen MR) is 79.0 cm³/mol. The molecule has 0 aliphatic heterocycles. The molecule has 1 saturated carbocycles. The van der Waals surface area contributed by atoms with Crippen molar-refractivity contribution in [2.45, 2.75) is 57.7 Å². The van der Waals surface area contributed by atoms with Gasteiger partial charge < -0.3 is 5.32 Å². The highest BCUT2D eigenvalue weighted by molar-refractivity contribution is 5.03. The summed E-state index contributed by atoms with van der Waals surface area (Å²) >= 11 is 0. The third-order valence-corrected chi connectivity index (χ3v) is 4.14. The van der Waals surface area contributed by atoms with Crippen molar-refractivity contribution >= 4 is 0 Å². The van der Waals surface area contributed by atoms with E-state index in [9.17, 15) is 0 Å². The van der Waals surface area contributed by atoms with E-state index in [1.807, 2.05) is 17.9 Å². The first kappa shape index (κ1) is 14.5. The van der Waals surface area contributed by atoms with Crippen molar-refractivity contribution in [2.75, 3.05) is 13.6 Å². The van der Waals surface area contributed by atoms with E-state index in [-0.39, 0.29) is 0 Å². The largest absolute Gasteiger partial charge is 0.314 e. The van der Waals surface area contributed by atoms with Gasteiger partial charge in [0.1, 0.15) is 0 Å². The van der Waals surface area contributed by atoms with E-state index in [0.29, 0.717) is 6.04 Å². The standard InChI is InChI=1S/C15H28N4/c1-4-8-16-14-6-5-7-15(9-14)18(2)11-13-10-17-19(3)12-13/h10,12,14-16H,4-9,11H2,1-3H3. The van der Waals surface area contributed by atoms with Crippen LogP contribution in [-0.4, -0.2) is 40.4 Å². The fraction of sp³-hybridized carbons (Fsp3) is 0.800. The summed E-state index contributed by atoms with van der Waals surface area (Å²) in [5.41, 5.74) is 1.31. The molecule has 0 radical (unpaired) electrons. The molecule has 0 amide bonds. The molecule has 2 atom stereocenters. The summed E-state index contributed by atoms with van der Waals surface area (Å²) in [4.78, 5) is 2.50. The molecule has 2 unspecified atom stereocenters. The summed E-state index contributed by atoms with van der Waals surface area (Å²) < 4.78 is 1.88. The van der Waals surface area contributed by atoms with Gasteiger partial charge in [-0.1, -0.05) is 13.3 Å². The van der Waals surface area contributed by atoms with Gasteiger partial charge in [0, 0.05) is 37.4 Å². The van der Waals surface area contributed by atoms with Crippen LogP contribution in [0.2, 0.25) is 0 Å². The molecule has 1 aliphatic rings. The van der Waals surface area contributed by atoms with Gasteiger partial charge in [0.2, 0.25) is 0 Å². The number of nitrogens with zero attached hydrogens (tertiary/aromatic N) is 3. The molecule has 4 nitrogen and oxygen atoms in total. The molecule has 1 fully saturated rings. The van der Waals surface area contributed by atoms with Crippen LogP contribution in [0.25, 0.3) is 0 Å². The van der Waals surface area contributed by atoms with E-state index in [4.69, 9.17) is 0 Å². The minimum atomic E-state index is 0.711. The van der Waals surface area contributed by atoms with Gasteiger partial charge in [0.15, 0.2) is 0 Å². The van der Waals surface area contributed by atoms with Crippen LogP contribution in [0.3, 0.4) is 0 Å². The molecule has 1 aliphatic carbocycles. The molecule has 2 rings (SSSR count). The fourth-order valence-corrected chi connectivity index (χ4v) is 3.07. The Kier molecular flexibility index (Phi) is 5.40. The molecule has 108 valence electrons. The van der Waals surface area contributed by atoms with E-state index in [1.54, 1.807) is 0 Å². The lowest BCUT2D eigenvalue weighted by Gasteiger charge is -2.35. The van der Waals surface area contributed by atoms with E-state index in [0.717, 1.165) is 19.1 Å². The van der Waals surface area contributed by atoms with Gasteiger partial charge in [0.05, 0.1) is 6.20 Å². The van der Waals surface area contributed by atoms with Crippen molar-refractivity contribution in [2.24, 2.45) is 7.05 Å². The first-order chi connectivity index (χ1) is 9.19. The van der Waals surface area contributed by atoms with Gasteiger partial charge in [-0.2, -0.15) is 5.10 Å². The van der Waals surface area contributed by atoms with Crippen LogP contribution in [0.5, 0.6) is 0 Å². The molecule has 19 heavy (non-hydrogen) atoms. The molecule has 0 aromatic carbocycles. The predicted octanol–water partition coefficient (Wildman–Crippen LogP) is 2.16. The zero-order chi connectivity index (χ0) is 13.7. The Bertz CT molecular complexity index is 374. The second kappa shape index (κ2) is 7.06. The fourth-order valence-electron chi connectivity index (χ4n) is 3.07. The zero-order valence-electron chi connectivity index (χ0n) is 12.6. The average molecular weight is 264 g/mol. The smallest absolute Gasteiger partial charge is 0.0534 e. The van der Waals surface area contributed by atoms with Crippen LogP contribution < -0.4 is 5.32 Å². The molecule has 1 aromatic heterocycles. The van der Waals surface area contributed by atoms with Gasteiger partial charge in [-0.25, -0.2) is 0 Å².